The minimum absolute atomic E-state index is 0.00617. The number of alkyl halides is 6. The van der Waals surface area contributed by atoms with E-state index in [0.29, 0.717) is 25.7 Å². The second kappa shape index (κ2) is 8.17. The Labute approximate surface area is 200 Å². The molecule has 14 heteroatoms. The summed E-state index contributed by atoms with van der Waals surface area (Å²) in [6, 6.07) is 4.77. The molecule has 36 heavy (non-hydrogen) atoms. The van der Waals surface area contributed by atoms with Gasteiger partial charge in [0, 0.05) is 23.5 Å². The van der Waals surface area contributed by atoms with Crippen LogP contribution in [-0.2, 0) is 16.2 Å². The van der Waals surface area contributed by atoms with E-state index in [1.807, 2.05) is 6.07 Å². The number of nitrogens with zero attached hydrogens (tertiary/aromatic N) is 4. The molecule has 1 aliphatic carbocycles. The Bertz CT molecular complexity index is 1570. The van der Waals surface area contributed by atoms with Crippen molar-refractivity contribution in [3.05, 3.63) is 59.9 Å². The highest BCUT2D eigenvalue weighted by Crippen LogP contribution is 2.39. The maximum atomic E-state index is 13.3. The van der Waals surface area contributed by atoms with Crippen LogP contribution in [0, 0.1) is 11.3 Å². The van der Waals surface area contributed by atoms with Crippen LogP contribution in [0.2, 0.25) is 0 Å². The zero-order valence-corrected chi connectivity index (χ0v) is 19.2. The van der Waals surface area contributed by atoms with Crippen molar-refractivity contribution >= 4 is 26.8 Å². The lowest BCUT2D eigenvalue weighted by molar-refractivity contribution is -0.180. The maximum Gasteiger partial charge on any atom is 0.417 e. The van der Waals surface area contributed by atoms with Gasteiger partial charge in [-0.2, -0.15) is 36.3 Å². The molecule has 0 fully saturated rings. The van der Waals surface area contributed by atoms with Crippen molar-refractivity contribution in [1.82, 2.24) is 19.3 Å². The van der Waals surface area contributed by atoms with E-state index in [1.165, 1.54) is 4.57 Å². The number of fused-ring (bicyclic) bond motifs is 1. The Morgan fingerprint density at radius 3 is 2.19 bits per heavy atom. The number of hydrogen-bond donors (Lipinski definition) is 1. The lowest BCUT2D eigenvalue weighted by Gasteiger charge is -2.28. The van der Waals surface area contributed by atoms with Gasteiger partial charge in [0.2, 0.25) is 10.0 Å². The molecule has 0 saturated carbocycles. The van der Waals surface area contributed by atoms with Gasteiger partial charge >= 0.3 is 12.4 Å². The van der Waals surface area contributed by atoms with Crippen molar-refractivity contribution in [3.63, 3.8) is 0 Å². The third-order valence-electron chi connectivity index (χ3n) is 5.43. The van der Waals surface area contributed by atoms with E-state index in [-0.39, 0.29) is 28.0 Å². The summed E-state index contributed by atoms with van der Waals surface area (Å²) in [5, 5.41) is 9.69. The summed E-state index contributed by atoms with van der Waals surface area (Å²) in [6.45, 7) is 1.32. The van der Waals surface area contributed by atoms with Crippen molar-refractivity contribution < 1.29 is 34.8 Å². The smallest absolute Gasteiger partial charge is 0.291 e. The number of allylic oxidation sites excluding steroid dienone is 4. The first-order valence-electron chi connectivity index (χ1n) is 10.0. The average Bonchev–Trinajstić information content (AvgIpc) is 3.04. The standard InChI is InChI=1S/C22H15F6N5O2S/c1-20(2,22(26,27)28)32-36(34,35)14-6-7-17(30-11-14)18-16(9-29)15-8-12(21(23,24)25)10-31-19(15)33(18)13-4-3-5-13/h3-8,10-11,32H,1-2H3. The summed E-state index contributed by atoms with van der Waals surface area (Å²) >= 11 is 0. The maximum absolute atomic E-state index is 13.3. The molecule has 3 aromatic rings. The topological polar surface area (TPSA) is 101 Å². The fourth-order valence-corrected chi connectivity index (χ4v) is 4.73. The predicted octanol–water partition coefficient (Wildman–Crippen LogP) is 5.02. The van der Waals surface area contributed by atoms with Gasteiger partial charge in [0.25, 0.3) is 0 Å². The summed E-state index contributed by atoms with van der Waals surface area (Å²) in [7, 11) is -4.65. The van der Waals surface area contributed by atoms with Crippen molar-refractivity contribution in [3.8, 4) is 17.5 Å². The summed E-state index contributed by atoms with van der Waals surface area (Å²) in [5.41, 5.74) is -3.47. The Kier molecular flexibility index (Phi) is 5.76. The number of sulfonamides is 1. The molecule has 0 unspecified atom stereocenters. The zero-order chi connectivity index (χ0) is 26.7. The second-order valence-corrected chi connectivity index (χ2v) is 10.0. The van der Waals surface area contributed by atoms with E-state index in [0.717, 1.165) is 24.4 Å². The van der Waals surface area contributed by atoms with E-state index >= 15 is 0 Å². The SMILES string of the molecule is CC(C)(NS(=O)(=O)c1ccc(-c2c(C#N)c3cc(C(F)(F)F)cnc3n2C2=CC=C2)nc1)C(F)(F)F. The Morgan fingerprint density at radius 1 is 1.06 bits per heavy atom. The number of nitriles is 1. The largest absolute Gasteiger partial charge is 0.417 e. The lowest BCUT2D eigenvalue weighted by atomic mass is 10.1. The van der Waals surface area contributed by atoms with Crippen LogP contribution in [0.15, 0.2) is 53.7 Å². The highest BCUT2D eigenvalue weighted by Gasteiger charge is 2.49. The molecule has 0 radical (unpaired) electrons. The van der Waals surface area contributed by atoms with Crippen LogP contribution in [0.4, 0.5) is 26.3 Å². The lowest BCUT2D eigenvalue weighted by Crippen LogP contribution is -2.54. The summed E-state index contributed by atoms with van der Waals surface area (Å²) < 4.78 is 107. The number of nitrogens with one attached hydrogen (secondary N) is 1. The molecule has 0 aromatic carbocycles. The quantitative estimate of drug-likeness (QED) is 0.470. The van der Waals surface area contributed by atoms with Gasteiger partial charge in [-0.15, -0.1) is 0 Å². The molecule has 3 heterocycles. The van der Waals surface area contributed by atoms with Crippen molar-refractivity contribution in [2.24, 2.45) is 0 Å². The van der Waals surface area contributed by atoms with Crippen LogP contribution < -0.4 is 4.72 Å². The van der Waals surface area contributed by atoms with Crippen molar-refractivity contribution in [1.29, 1.82) is 5.26 Å². The molecule has 1 N–H and O–H groups in total. The molecule has 0 amide bonds. The third kappa shape index (κ3) is 4.24. The number of rotatable bonds is 5. The molecule has 4 rings (SSSR count). The monoisotopic (exact) mass is 527 g/mol. The highest BCUT2D eigenvalue weighted by molar-refractivity contribution is 7.89. The molecule has 188 valence electrons. The van der Waals surface area contributed by atoms with Crippen LogP contribution in [-0.4, -0.2) is 34.7 Å². The van der Waals surface area contributed by atoms with E-state index in [4.69, 9.17) is 0 Å². The van der Waals surface area contributed by atoms with E-state index in [1.54, 1.807) is 23.0 Å². The van der Waals surface area contributed by atoms with Crippen molar-refractivity contribution in [2.45, 2.75) is 36.6 Å². The zero-order valence-electron chi connectivity index (χ0n) is 18.4. The molecule has 3 aromatic heterocycles. The van der Waals surface area contributed by atoms with Crippen LogP contribution in [0.1, 0.15) is 25.0 Å². The van der Waals surface area contributed by atoms with Gasteiger partial charge < -0.3 is 0 Å². The van der Waals surface area contributed by atoms with Gasteiger partial charge in [0.05, 0.1) is 22.5 Å². The number of hydrogen-bond acceptors (Lipinski definition) is 5. The minimum atomic E-state index is -4.87. The Balaban J connectivity index is 1.85. The van der Waals surface area contributed by atoms with Crippen LogP contribution >= 0.6 is 0 Å². The summed E-state index contributed by atoms with van der Waals surface area (Å²) in [5.74, 6) is 0. The fraction of sp³-hybridized carbons (Fsp3) is 0.227. The first-order valence-corrected chi connectivity index (χ1v) is 11.5. The summed E-state index contributed by atoms with van der Waals surface area (Å²) in [4.78, 5) is 7.33. The second-order valence-electron chi connectivity index (χ2n) is 8.32. The van der Waals surface area contributed by atoms with Gasteiger partial charge in [-0.1, -0.05) is 6.08 Å². The molecule has 1 aliphatic rings. The average molecular weight is 527 g/mol. The number of halogens is 6. The normalized spacial score (nSPS) is 14.5. The van der Waals surface area contributed by atoms with Gasteiger partial charge in [0.1, 0.15) is 22.2 Å². The first kappa shape index (κ1) is 25.4. The molecule has 0 spiro atoms. The first-order chi connectivity index (χ1) is 16.6. The third-order valence-corrected chi connectivity index (χ3v) is 7.07. The molecular weight excluding hydrogens is 512 g/mol. The van der Waals surface area contributed by atoms with Gasteiger partial charge in [0.15, 0.2) is 0 Å². The fourth-order valence-electron chi connectivity index (χ4n) is 3.39. The van der Waals surface area contributed by atoms with E-state index in [9.17, 15) is 40.0 Å². The number of aromatic nitrogens is 3. The Hall–Kier alpha value is -3.70. The van der Waals surface area contributed by atoms with Gasteiger partial charge in [-0.05, 0) is 44.2 Å². The van der Waals surface area contributed by atoms with Crippen LogP contribution in [0.5, 0.6) is 0 Å². The highest BCUT2D eigenvalue weighted by atomic mass is 32.2. The summed E-state index contributed by atoms with van der Waals surface area (Å²) in [6.07, 6.45) is -3.27. The molecule has 7 nitrogen and oxygen atoms in total. The predicted molar refractivity (Wildman–Crippen MR) is 117 cm³/mol. The van der Waals surface area contributed by atoms with E-state index in [2.05, 4.69) is 9.97 Å². The van der Waals surface area contributed by atoms with Gasteiger partial charge in [-0.25, -0.2) is 13.4 Å². The molecular formula is C22H15F6N5O2S. The van der Waals surface area contributed by atoms with Crippen LogP contribution in [0.25, 0.3) is 28.1 Å². The minimum Gasteiger partial charge on any atom is -0.291 e. The molecule has 0 saturated heterocycles. The molecule has 0 bridgehead atoms. The van der Waals surface area contributed by atoms with Crippen molar-refractivity contribution in [2.75, 3.05) is 0 Å². The molecule has 0 aliphatic heterocycles. The Morgan fingerprint density at radius 2 is 1.72 bits per heavy atom. The van der Waals surface area contributed by atoms with E-state index < -0.39 is 38.4 Å². The molecule has 0 atom stereocenters. The van der Waals surface area contributed by atoms with Gasteiger partial charge in [-0.3, -0.25) is 9.55 Å². The van der Waals surface area contributed by atoms with Crippen LogP contribution in [0.3, 0.4) is 0 Å². The number of pyridine rings is 2.